The first-order chi connectivity index (χ1) is 16.9. The molecule has 0 radical (unpaired) electrons. The monoisotopic (exact) mass is 506 g/mol. The number of nitrogens with one attached hydrogen (secondary N) is 2. The van der Waals surface area contributed by atoms with Crippen LogP contribution in [-0.2, 0) is 16.6 Å². The van der Waals surface area contributed by atoms with Crippen molar-refractivity contribution in [1.29, 1.82) is 0 Å². The predicted octanol–water partition coefficient (Wildman–Crippen LogP) is 4.68. The largest absolute Gasteiger partial charge is 0.489 e. The van der Waals surface area contributed by atoms with Gasteiger partial charge in [-0.2, -0.15) is 5.10 Å². The van der Waals surface area contributed by atoms with Gasteiger partial charge < -0.3 is 4.74 Å². The molecule has 2 aromatic heterocycles. The van der Waals surface area contributed by atoms with E-state index in [4.69, 9.17) is 4.74 Å². The molecule has 2 aromatic carbocycles. The van der Waals surface area contributed by atoms with Crippen LogP contribution in [0.1, 0.15) is 28.4 Å². The van der Waals surface area contributed by atoms with Crippen molar-refractivity contribution in [2.45, 2.75) is 17.7 Å². The first-order valence-electron chi connectivity index (χ1n) is 10.5. The first-order valence-corrected chi connectivity index (χ1v) is 12.9. The van der Waals surface area contributed by atoms with Gasteiger partial charge in [0.25, 0.3) is 15.9 Å². The SMILES string of the molecule is CC(=NNC(=O)c1ccncc1NS(=O)(=O)c1cccs1)c1cccc(OCc2ccccc2)c1. The Labute approximate surface area is 207 Å². The lowest BCUT2D eigenvalue weighted by Gasteiger charge is -2.11. The molecule has 8 nitrogen and oxygen atoms in total. The zero-order chi connectivity index (χ0) is 24.7. The van der Waals surface area contributed by atoms with Gasteiger partial charge in [0.2, 0.25) is 0 Å². The maximum atomic E-state index is 12.8. The number of thiophene rings is 1. The Morgan fingerprint density at radius 2 is 1.89 bits per heavy atom. The van der Waals surface area contributed by atoms with E-state index in [1.165, 1.54) is 24.5 Å². The Morgan fingerprint density at radius 3 is 2.66 bits per heavy atom. The molecule has 0 bridgehead atoms. The van der Waals surface area contributed by atoms with Crippen molar-refractivity contribution in [3.8, 4) is 5.75 Å². The second kappa shape index (κ2) is 10.9. The average Bonchev–Trinajstić information content (AvgIpc) is 3.43. The van der Waals surface area contributed by atoms with E-state index in [0.717, 1.165) is 22.5 Å². The Hall–Kier alpha value is -4.02. The van der Waals surface area contributed by atoms with E-state index in [1.807, 2.05) is 54.6 Å². The van der Waals surface area contributed by atoms with Gasteiger partial charge in [-0.3, -0.25) is 14.5 Å². The van der Waals surface area contributed by atoms with E-state index in [0.29, 0.717) is 18.1 Å². The third kappa shape index (κ3) is 6.31. The number of pyridine rings is 1. The number of hydrogen-bond donors (Lipinski definition) is 2. The number of ether oxygens (including phenoxy) is 1. The number of hydrogen-bond acceptors (Lipinski definition) is 7. The molecular weight excluding hydrogens is 484 g/mol. The molecule has 10 heteroatoms. The summed E-state index contributed by atoms with van der Waals surface area (Å²) < 4.78 is 33.5. The van der Waals surface area contributed by atoms with Crippen LogP contribution in [0.25, 0.3) is 0 Å². The minimum atomic E-state index is -3.83. The number of carbonyl (C=O) groups excluding carboxylic acids is 1. The van der Waals surface area contributed by atoms with Crippen LogP contribution >= 0.6 is 11.3 Å². The summed E-state index contributed by atoms with van der Waals surface area (Å²) >= 11 is 1.07. The number of nitrogens with zero attached hydrogens (tertiary/aromatic N) is 2. The number of benzene rings is 2. The Morgan fingerprint density at radius 1 is 1.06 bits per heavy atom. The smallest absolute Gasteiger partial charge is 0.273 e. The van der Waals surface area contributed by atoms with Crippen LogP contribution in [0.5, 0.6) is 5.75 Å². The third-order valence-electron chi connectivity index (χ3n) is 4.90. The number of hydrazone groups is 1. The summed E-state index contributed by atoms with van der Waals surface area (Å²) in [5.41, 5.74) is 5.01. The molecule has 2 N–H and O–H groups in total. The molecule has 0 unspecified atom stereocenters. The Bertz CT molecular complexity index is 1440. The van der Waals surface area contributed by atoms with Crippen molar-refractivity contribution < 1.29 is 17.9 Å². The molecule has 0 aliphatic carbocycles. The highest BCUT2D eigenvalue weighted by Crippen LogP contribution is 2.22. The van der Waals surface area contributed by atoms with Crippen molar-refractivity contribution in [2.24, 2.45) is 5.10 Å². The highest BCUT2D eigenvalue weighted by molar-refractivity contribution is 7.94. The number of sulfonamides is 1. The van der Waals surface area contributed by atoms with Gasteiger partial charge in [-0.05, 0) is 42.1 Å². The van der Waals surface area contributed by atoms with E-state index < -0.39 is 15.9 Å². The molecule has 0 fully saturated rings. The zero-order valence-corrected chi connectivity index (χ0v) is 20.3. The lowest BCUT2D eigenvalue weighted by atomic mass is 10.1. The fourth-order valence-electron chi connectivity index (χ4n) is 3.10. The molecule has 4 rings (SSSR count). The number of rotatable bonds is 9. The molecule has 0 saturated carbocycles. The van der Waals surface area contributed by atoms with Crippen molar-refractivity contribution >= 4 is 38.7 Å². The molecule has 4 aromatic rings. The van der Waals surface area contributed by atoms with Gasteiger partial charge in [-0.1, -0.05) is 48.5 Å². The molecule has 178 valence electrons. The van der Waals surface area contributed by atoms with E-state index in [-0.39, 0.29) is 15.5 Å². The maximum Gasteiger partial charge on any atom is 0.273 e. The topological polar surface area (TPSA) is 110 Å². The number of anilines is 1. The lowest BCUT2D eigenvalue weighted by molar-refractivity contribution is 0.0955. The third-order valence-corrected chi connectivity index (χ3v) is 7.66. The van der Waals surface area contributed by atoms with E-state index >= 15 is 0 Å². The van der Waals surface area contributed by atoms with Gasteiger partial charge in [-0.15, -0.1) is 11.3 Å². The van der Waals surface area contributed by atoms with E-state index in [2.05, 4.69) is 20.2 Å². The Balaban J connectivity index is 1.44. The fourth-order valence-corrected chi connectivity index (χ4v) is 5.15. The summed E-state index contributed by atoms with van der Waals surface area (Å²) in [5.74, 6) is 0.0961. The highest BCUT2D eigenvalue weighted by Gasteiger charge is 2.19. The number of aromatic nitrogens is 1. The van der Waals surface area contributed by atoms with Crippen LogP contribution in [0.4, 0.5) is 5.69 Å². The van der Waals surface area contributed by atoms with E-state index in [9.17, 15) is 13.2 Å². The van der Waals surface area contributed by atoms with Crippen molar-refractivity contribution in [3.05, 3.63) is 107 Å². The van der Waals surface area contributed by atoms with Gasteiger partial charge in [-0.25, -0.2) is 13.8 Å². The number of carbonyl (C=O) groups is 1. The molecular formula is C25H22N4O4S2. The highest BCUT2D eigenvalue weighted by atomic mass is 32.2. The minimum Gasteiger partial charge on any atom is -0.489 e. The van der Waals surface area contributed by atoms with Crippen LogP contribution in [-0.4, -0.2) is 25.0 Å². The van der Waals surface area contributed by atoms with Crippen LogP contribution in [0.3, 0.4) is 0 Å². The molecule has 35 heavy (non-hydrogen) atoms. The zero-order valence-electron chi connectivity index (χ0n) is 18.7. The van der Waals surface area contributed by atoms with Crippen molar-refractivity contribution in [1.82, 2.24) is 10.4 Å². The predicted molar refractivity (Wildman–Crippen MR) is 136 cm³/mol. The van der Waals surface area contributed by atoms with Gasteiger partial charge in [0.1, 0.15) is 16.6 Å². The number of amides is 1. The van der Waals surface area contributed by atoms with Gasteiger partial charge in [0.15, 0.2) is 0 Å². The quantitative estimate of drug-likeness (QED) is 0.253. The Kier molecular flexibility index (Phi) is 7.54. The fraction of sp³-hybridized carbons (Fsp3) is 0.0800. The molecule has 0 atom stereocenters. The molecule has 2 heterocycles. The van der Waals surface area contributed by atoms with Crippen LogP contribution in [0, 0.1) is 0 Å². The van der Waals surface area contributed by atoms with Crippen LogP contribution < -0.4 is 14.9 Å². The molecule has 0 aliphatic rings. The summed E-state index contributed by atoms with van der Waals surface area (Å²) in [6.07, 6.45) is 2.69. The molecule has 1 amide bonds. The van der Waals surface area contributed by atoms with Gasteiger partial charge >= 0.3 is 0 Å². The average molecular weight is 507 g/mol. The first kappa shape index (κ1) is 24.1. The van der Waals surface area contributed by atoms with Gasteiger partial charge in [0.05, 0.1) is 23.2 Å². The minimum absolute atomic E-state index is 0.0579. The van der Waals surface area contributed by atoms with Crippen molar-refractivity contribution in [3.63, 3.8) is 0 Å². The summed E-state index contributed by atoms with van der Waals surface area (Å²) in [7, 11) is -3.83. The second-order valence-corrected chi connectivity index (χ2v) is 10.3. The summed E-state index contributed by atoms with van der Waals surface area (Å²) in [5, 5.41) is 5.84. The molecule has 0 saturated heterocycles. The summed E-state index contributed by atoms with van der Waals surface area (Å²) in [6, 6.07) is 21.7. The standard InChI is InChI=1S/C25H22N4O4S2/c1-18(20-9-5-10-21(15-20)33-17-19-7-3-2-4-8-19)27-28-25(30)22-12-13-26-16-23(22)29-35(31,32)24-11-6-14-34-24/h2-16,29H,17H2,1H3,(H,28,30). The maximum absolute atomic E-state index is 12.8. The van der Waals surface area contributed by atoms with Crippen LogP contribution in [0.2, 0.25) is 0 Å². The van der Waals surface area contributed by atoms with Gasteiger partial charge in [0, 0.05) is 11.8 Å². The lowest BCUT2D eigenvalue weighted by Crippen LogP contribution is -2.22. The second-order valence-electron chi connectivity index (χ2n) is 7.40. The normalized spacial score (nSPS) is 11.6. The van der Waals surface area contributed by atoms with Crippen LogP contribution in [0.15, 0.2) is 99.9 Å². The molecule has 0 spiro atoms. The van der Waals surface area contributed by atoms with Crippen molar-refractivity contribution in [2.75, 3.05) is 4.72 Å². The molecule has 0 aliphatic heterocycles. The summed E-state index contributed by atoms with van der Waals surface area (Å²) in [6.45, 7) is 2.19. The van der Waals surface area contributed by atoms with E-state index in [1.54, 1.807) is 18.4 Å². The summed E-state index contributed by atoms with van der Waals surface area (Å²) in [4.78, 5) is 16.7.